The number of rotatable bonds is 10. The molecule has 1 aromatic carbocycles. The Morgan fingerprint density at radius 2 is 1.92 bits per heavy atom. The smallest absolute Gasteiger partial charge is 0.431 e. The first-order chi connectivity index (χ1) is 12.1. The highest BCUT2D eigenvalue weighted by Crippen LogP contribution is 2.19. The van der Waals surface area contributed by atoms with Crippen LogP contribution in [0.25, 0.3) is 0 Å². The Hall–Kier alpha value is -2.59. The molecule has 0 heterocycles. The summed E-state index contributed by atoms with van der Waals surface area (Å²) in [6.45, 7) is 11.6. The van der Waals surface area contributed by atoms with Crippen LogP contribution in [0.4, 0.5) is 4.79 Å². The van der Waals surface area contributed by atoms with Gasteiger partial charge >= 0.3 is 6.09 Å². The van der Waals surface area contributed by atoms with Crippen molar-refractivity contribution in [2.75, 3.05) is 0 Å². The quantitative estimate of drug-likeness (QED) is 0.475. The molecule has 0 radical (unpaired) electrons. The van der Waals surface area contributed by atoms with Gasteiger partial charge in [-0.1, -0.05) is 80.8 Å². The molecule has 0 fully saturated rings. The van der Waals surface area contributed by atoms with Crippen molar-refractivity contribution in [1.82, 2.24) is 5.48 Å². The third-order valence-corrected chi connectivity index (χ3v) is 3.55. The Labute approximate surface area is 150 Å². The van der Waals surface area contributed by atoms with Crippen molar-refractivity contribution >= 4 is 6.09 Å². The van der Waals surface area contributed by atoms with E-state index in [0.717, 1.165) is 17.6 Å². The van der Waals surface area contributed by atoms with E-state index in [0.29, 0.717) is 0 Å². The number of hydroxylamine groups is 1. The molecule has 0 spiro atoms. The summed E-state index contributed by atoms with van der Waals surface area (Å²) in [6, 6.07) is 9.48. The van der Waals surface area contributed by atoms with Crippen molar-refractivity contribution in [1.29, 1.82) is 0 Å². The lowest BCUT2D eigenvalue weighted by Crippen LogP contribution is -2.29. The zero-order valence-corrected chi connectivity index (χ0v) is 15.0. The fourth-order valence-corrected chi connectivity index (χ4v) is 2.28. The van der Waals surface area contributed by atoms with E-state index in [4.69, 9.17) is 9.57 Å². The number of carbonyl (C=O) groups is 1. The number of allylic oxidation sites excluding steroid dienone is 6. The van der Waals surface area contributed by atoms with E-state index in [9.17, 15) is 4.79 Å². The molecule has 25 heavy (non-hydrogen) atoms. The molecule has 0 saturated carbocycles. The van der Waals surface area contributed by atoms with Crippen LogP contribution in [0.2, 0.25) is 0 Å². The molecule has 134 valence electrons. The predicted molar refractivity (Wildman–Crippen MR) is 102 cm³/mol. The average molecular weight is 341 g/mol. The summed E-state index contributed by atoms with van der Waals surface area (Å²) in [6.07, 6.45) is 9.29. The van der Waals surface area contributed by atoms with Crippen LogP contribution in [0, 0.1) is 5.92 Å². The molecule has 0 aliphatic carbocycles. The lowest BCUT2D eigenvalue weighted by Gasteiger charge is -2.18. The fourth-order valence-electron chi connectivity index (χ4n) is 2.28. The van der Waals surface area contributed by atoms with Crippen molar-refractivity contribution in [2.45, 2.75) is 33.0 Å². The number of nitrogens with one attached hydrogen (secondary N) is 1. The fraction of sp³-hybridized carbons (Fsp3) is 0.286. The lowest BCUT2D eigenvalue weighted by molar-refractivity contribution is -0.0236. The maximum absolute atomic E-state index is 11.7. The number of hydrogen-bond acceptors (Lipinski definition) is 3. The standard InChI is InChI=1S/C21H27NO3/c1-5-7-14-20(11-6-2)17(3)15-18(4)25-22-21(23)24-16-19-12-9-8-10-13-19/h5-14,17-18H,1-2,15-16H2,3-4H3,(H,22,23)/b14-7-,20-11+. The Balaban J connectivity index is 2.37. The van der Waals surface area contributed by atoms with Gasteiger partial charge in [-0.05, 0) is 30.4 Å². The van der Waals surface area contributed by atoms with Gasteiger partial charge < -0.3 is 4.74 Å². The molecule has 0 aromatic heterocycles. The summed E-state index contributed by atoms with van der Waals surface area (Å²) >= 11 is 0. The van der Waals surface area contributed by atoms with E-state index in [1.165, 1.54) is 0 Å². The van der Waals surface area contributed by atoms with Crippen LogP contribution in [-0.4, -0.2) is 12.2 Å². The molecule has 0 aliphatic heterocycles. The van der Waals surface area contributed by atoms with Gasteiger partial charge in [-0.15, -0.1) is 0 Å². The molecule has 4 nitrogen and oxygen atoms in total. The second-order valence-electron chi connectivity index (χ2n) is 5.73. The normalized spacial score (nSPS) is 13.9. The molecule has 1 aromatic rings. The van der Waals surface area contributed by atoms with Crippen LogP contribution < -0.4 is 5.48 Å². The van der Waals surface area contributed by atoms with E-state index >= 15 is 0 Å². The summed E-state index contributed by atoms with van der Waals surface area (Å²) in [5, 5.41) is 0. The number of benzene rings is 1. The molecule has 4 heteroatoms. The van der Waals surface area contributed by atoms with E-state index in [1.54, 1.807) is 12.2 Å². The molecule has 0 saturated heterocycles. The van der Waals surface area contributed by atoms with Crippen molar-refractivity contribution in [3.05, 3.63) is 85.0 Å². The van der Waals surface area contributed by atoms with Gasteiger partial charge in [-0.25, -0.2) is 4.79 Å². The Morgan fingerprint density at radius 3 is 2.56 bits per heavy atom. The SMILES string of the molecule is C=C/C=C\C(=C/C=C)C(C)CC(C)ONC(=O)OCc1ccccc1. The first-order valence-electron chi connectivity index (χ1n) is 8.30. The Morgan fingerprint density at radius 1 is 1.20 bits per heavy atom. The maximum atomic E-state index is 11.7. The van der Waals surface area contributed by atoms with Crippen LogP contribution >= 0.6 is 0 Å². The summed E-state index contributed by atoms with van der Waals surface area (Å²) in [5.74, 6) is 0.242. The lowest BCUT2D eigenvalue weighted by atomic mass is 9.94. The molecular formula is C21H27NO3. The van der Waals surface area contributed by atoms with E-state index in [1.807, 2.05) is 55.5 Å². The van der Waals surface area contributed by atoms with Crippen molar-refractivity contribution in [3.63, 3.8) is 0 Å². The van der Waals surface area contributed by atoms with Gasteiger partial charge in [-0.3, -0.25) is 4.84 Å². The number of hydrogen-bond donors (Lipinski definition) is 1. The van der Waals surface area contributed by atoms with Crippen LogP contribution in [0.3, 0.4) is 0 Å². The van der Waals surface area contributed by atoms with Gasteiger partial charge in [0.25, 0.3) is 0 Å². The van der Waals surface area contributed by atoms with Crippen LogP contribution in [-0.2, 0) is 16.2 Å². The second-order valence-corrected chi connectivity index (χ2v) is 5.73. The predicted octanol–water partition coefficient (Wildman–Crippen LogP) is 5.11. The van der Waals surface area contributed by atoms with E-state index in [-0.39, 0.29) is 18.6 Å². The third kappa shape index (κ3) is 8.72. The van der Waals surface area contributed by atoms with Gasteiger partial charge in [0.15, 0.2) is 0 Å². The molecule has 1 N–H and O–H groups in total. The molecule has 2 unspecified atom stereocenters. The topological polar surface area (TPSA) is 47.6 Å². The monoisotopic (exact) mass is 341 g/mol. The molecule has 0 bridgehead atoms. The number of amides is 1. The number of ether oxygens (including phenoxy) is 1. The molecular weight excluding hydrogens is 314 g/mol. The minimum absolute atomic E-state index is 0.162. The molecule has 2 atom stereocenters. The molecule has 0 aliphatic rings. The maximum Gasteiger partial charge on any atom is 0.431 e. The van der Waals surface area contributed by atoms with Crippen LogP contribution in [0.1, 0.15) is 25.8 Å². The minimum atomic E-state index is -0.600. The highest BCUT2D eigenvalue weighted by Gasteiger charge is 2.13. The van der Waals surface area contributed by atoms with Gasteiger partial charge in [0.2, 0.25) is 0 Å². The van der Waals surface area contributed by atoms with Crippen molar-refractivity contribution in [2.24, 2.45) is 5.92 Å². The molecule has 1 rings (SSSR count). The van der Waals surface area contributed by atoms with Gasteiger partial charge in [0, 0.05) is 0 Å². The number of carbonyl (C=O) groups excluding carboxylic acids is 1. The third-order valence-electron chi connectivity index (χ3n) is 3.55. The minimum Gasteiger partial charge on any atom is -0.443 e. The van der Waals surface area contributed by atoms with Gasteiger partial charge in [0.1, 0.15) is 6.61 Å². The average Bonchev–Trinajstić information content (AvgIpc) is 2.62. The van der Waals surface area contributed by atoms with Crippen molar-refractivity contribution in [3.8, 4) is 0 Å². The van der Waals surface area contributed by atoms with Gasteiger partial charge in [0.05, 0.1) is 6.10 Å². The van der Waals surface area contributed by atoms with E-state index < -0.39 is 6.09 Å². The highest BCUT2D eigenvalue weighted by atomic mass is 16.7. The summed E-state index contributed by atoms with van der Waals surface area (Å²) in [4.78, 5) is 17.1. The van der Waals surface area contributed by atoms with Crippen LogP contribution in [0.15, 0.2) is 79.4 Å². The summed E-state index contributed by atoms with van der Waals surface area (Å²) < 4.78 is 5.10. The summed E-state index contributed by atoms with van der Waals surface area (Å²) in [7, 11) is 0. The molecule has 1 amide bonds. The van der Waals surface area contributed by atoms with E-state index in [2.05, 4.69) is 25.6 Å². The first-order valence-corrected chi connectivity index (χ1v) is 8.30. The Bertz CT molecular complexity index is 605. The second kappa shape index (κ2) is 11.9. The van der Waals surface area contributed by atoms with Crippen molar-refractivity contribution < 1.29 is 14.4 Å². The zero-order chi connectivity index (χ0) is 18.5. The first kappa shape index (κ1) is 20.5. The van der Waals surface area contributed by atoms with Gasteiger partial charge in [-0.2, -0.15) is 5.48 Å². The Kier molecular flexibility index (Phi) is 9.71. The highest BCUT2D eigenvalue weighted by molar-refractivity contribution is 5.65. The van der Waals surface area contributed by atoms with Crippen LogP contribution in [0.5, 0.6) is 0 Å². The zero-order valence-electron chi connectivity index (χ0n) is 15.0. The summed E-state index contributed by atoms with van der Waals surface area (Å²) in [5.41, 5.74) is 4.38. The largest absolute Gasteiger partial charge is 0.443 e.